The number of fused-ring (bicyclic) bond motifs is 1. The molecule has 0 saturated heterocycles. The molecule has 1 aliphatic rings. The van der Waals surface area contributed by atoms with Crippen LogP contribution in [0.4, 0.5) is 5.82 Å². The van der Waals surface area contributed by atoms with Crippen molar-refractivity contribution in [3.8, 4) is 6.01 Å². The lowest BCUT2D eigenvalue weighted by molar-refractivity contribution is 0.556. The number of aromatic nitrogens is 4. The van der Waals surface area contributed by atoms with E-state index in [1.54, 1.807) is 0 Å². The number of hydrogen-bond donors (Lipinski definition) is 1. The predicted molar refractivity (Wildman–Crippen MR) is 87.6 cm³/mol. The van der Waals surface area contributed by atoms with Crippen molar-refractivity contribution in [2.24, 2.45) is 0 Å². The van der Waals surface area contributed by atoms with Crippen LogP contribution in [0.1, 0.15) is 35.7 Å². The van der Waals surface area contributed by atoms with Crippen molar-refractivity contribution in [3.05, 3.63) is 47.5 Å². The minimum Gasteiger partial charge on any atom is -0.541 e. The molecule has 23 heavy (non-hydrogen) atoms. The molecule has 0 aliphatic heterocycles. The van der Waals surface area contributed by atoms with Crippen molar-refractivity contribution in [2.75, 3.05) is 5.32 Å². The van der Waals surface area contributed by atoms with Crippen LogP contribution in [0.25, 0.3) is 5.65 Å². The van der Waals surface area contributed by atoms with Crippen LogP contribution in [0.5, 0.6) is 6.01 Å². The minimum atomic E-state index is 0.150. The topological polar surface area (TPSA) is 64.3 Å². The molecule has 1 fully saturated rings. The number of imidazole rings is 1. The lowest BCUT2D eigenvalue weighted by Gasteiger charge is -2.06. The molecule has 0 bridgehead atoms. The van der Waals surface area contributed by atoms with Gasteiger partial charge in [0, 0.05) is 24.2 Å². The zero-order chi connectivity index (χ0) is 15.8. The second-order valence-corrected chi connectivity index (χ2v) is 5.88. The maximum Gasteiger partial charge on any atom is 0.378 e. The van der Waals surface area contributed by atoms with Gasteiger partial charge in [-0.05, 0) is 37.3 Å². The first-order valence-corrected chi connectivity index (χ1v) is 7.65. The molecule has 0 amide bonds. The van der Waals surface area contributed by atoms with Gasteiger partial charge in [-0.25, -0.2) is 9.97 Å². The molecule has 3 aromatic heterocycles. The first-order chi connectivity index (χ1) is 11.2. The van der Waals surface area contributed by atoms with Gasteiger partial charge in [-0.1, -0.05) is 6.07 Å². The number of rotatable bonds is 5. The fourth-order valence-electron chi connectivity index (χ4n) is 2.67. The van der Waals surface area contributed by atoms with Crippen LogP contribution < -0.4 is 9.97 Å². The molecule has 1 saturated carbocycles. The fraction of sp³-hybridized carbons (Fsp3) is 0.312. The summed E-state index contributed by atoms with van der Waals surface area (Å²) in [4.78, 5) is 12.8. The van der Waals surface area contributed by atoms with Gasteiger partial charge in [-0.2, -0.15) is 4.98 Å². The van der Waals surface area contributed by atoms with Crippen LogP contribution >= 0.6 is 0 Å². The molecule has 1 aliphatic carbocycles. The summed E-state index contributed by atoms with van der Waals surface area (Å²) in [6, 6.07) is 6.24. The van der Waals surface area contributed by atoms with Crippen molar-refractivity contribution in [1.29, 1.82) is 0 Å². The van der Waals surface area contributed by atoms with Crippen LogP contribution in [-0.2, 0) is 6.54 Å². The summed E-state index contributed by atoms with van der Waals surface area (Å²) < 4.78 is 6.68. The van der Waals surface area contributed by atoms with Gasteiger partial charge in [0.15, 0.2) is 0 Å². The molecule has 2 radical (unpaired) electrons. The Bertz CT molecular complexity index is 859. The van der Waals surface area contributed by atoms with Gasteiger partial charge in [0.25, 0.3) is 6.01 Å². The molecule has 4 rings (SSSR count). The van der Waals surface area contributed by atoms with Gasteiger partial charge in [-0.3, -0.25) is 0 Å². The third-order valence-electron chi connectivity index (χ3n) is 3.96. The molecule has 3 heterocycles. The van der Waals surface area contributed by atoms with Crippen LogP contribution in [0.2, 0.25) is 0 Å². The molecular formula is C16H16BN5O. The van der Waals surface area contributed by atoms with E-state index in [1.807, 2.05) is 19.2 Å². The Morgan fingerprint density at radius 3 is 2.91 bits per heavy atom. The second-order valence-electron chi connectivity index (χ2n) is 5.88. The van der Waals surface area contributed by atoms with Crippen LogP contribution in [0.15, 0.2) is 30.6 Å². The Labute approximate surface area is 135 Å². The number of aryl methyl sites for hydroxylation is 1. The SMILES string of the molecule is [B]Oc1nc(C)cc(NCc2cn3cc(C4CC4)ccc3n2)n1. The van der Waals surface area contributed by atoms with Crippen molar-refractivity contribution < 1.29 is 4.65 Å². The minimum absolute atomic E-state index is 0.150. The van der Waals surface area contributed by atoms with Gasteiger partial charge in [0.2, 0.25) is 0 Å². The molecule has 6 nitrogen and oxygen atoms in total. The largest absolute Gasteiger partial charge is 0.541 e. The Hall–Kier alpha value is -2.57. The van der Waals surface area contributed by atoms with E-state index in [9.17, 15) is 0 Å². The summed E-state index contributed by atoms with van der Waals surface area (Å²) in [5.41, 5.74) is 4.08. The second kappa shape index (κ2) is 5.57. The summed E-state index contributed by atoms with van der Waals surface area (Å²) in [7, 11) is 5.12. The zero-order valence-corrected chi connectivity index (χ0v) is 12.9. The molecular weight excluding hydrogens is 289 g/mol. The Kier molecular flexibility index (Phi) is 3.40. The standard InChI is InChI=1S/C16H16BN5O/c1-10-6-14(21-16(19-10)23-17)18-7-13-9-22-8-12(11-2-3-11)4-5-15(22)20-13/h4-6,8-9,11H,2-3,7H2,1H3,(H,18,19,21). The number of pyridine rings is 1. The highest BCUT2D eigenvalue weighted by molar-refractivity contribution is 5.99. The monoisotopic (exact) mass is 305 g/mol. The summed E-state index contributed by atoms with van der Waals surface area (Å²) in [5.74, 6) is 1.40. The van der Waals surface area contributed by atoms with Crippen molar-refractivity contribution in [1.82, 2.24) is 19.4 Å². The summed E-state index contributed by atoms with van der Waals surface area (Å²) in [5, 5.41) is 3.22. The van der Waals surface area contributed by atoms with E-state index >= 15 is 0 Å². The number of nitrogens with one attached hydrogen (secondary N) is 1. The van der Waals surface area contributed by atoms with E-state index in [0.717, 1.165) is 23.0 Å². The van der Waals surface area contributed by atoms with E-state index in [0.29, 0.717) is 12.4 Å². The predicted octanol–water partition coefficient (Wildman–Crippen LogP) is 2.38. The smallest absolute Gasteiger partial charge is 0.378 e. The van der Waals surface area contributed by atoms with Crippen LogP contribution in [-0.4, -0.2) is 27.4 Å². The lowest BCUT2D eigenvalue weighted by Crippen LogP contribution is -2.04. The lowest BCUT2D eigenvalue weighted by atomic mass is 10.2. The normalized spacial score (nSPS) is 14.1. The molecule has 0 aromatic carbocycles. The summed E-state index contributed by atoms with van der Waals surface area (Å²) in [6.45, 7) is 2.43. The molecule has 0 spiro atoms. The number of anilines is 1. The van der Waals surface area contributed by atoms with Gasteiger partial charge < -0.3 is 14.4 Å². The maximum absolute atomic E-state index is 5.12. The fourth-order valence-corrected chi connectivity index (χ4v) is 2.67. The maximum atomic E-state index is 5.12. The molecule has 1 N–H and O–H groups in total. The van der Waals surface area contributed by atoms with Crippen molar-refractivity contribution >= 4 is 19.5 Å². The van der Waals surface area contributed by atoms with Crippen molar-refractivity contribution in [2.45, 2.75) is 32.2 Å². The highest BCUT2D eigenvalue weighted by Crippen LogP contribution is 2.39. The molecule has 114 valence electrons. The summed E-state index contributed by atoms with van der Waals surface area (Å²) in [6.07, 6.45) is 6.82. The first-order valence-electron chi connectivity index (χ1n) is 7.65. The van der Waals surface area contributed by atoms with E-state index in [-0.39, 0.29) is 6.01 Å². The molecule has 7 heteroatoms. The Morgan fingerprint density at radius 1 is 1.26 bits per heavy atom. The van der Waals surface area contributed by atoms with E-state index in [2.05, 4.69) is 47.7 Å². The molecule has 3 aromatic rings. The number of nitrogens with zero attached hydrogens (tertiary/aromatic N) is 4. The van der Waals surface area contributed by atoms with E-state index in [1.165, 1.54) is 18.4 Å². The Balaban J connectivity index is 1.52. The van der Waals surface area contributed by atoms with Gasteiger partial charge >= 0.3 is 8.05 Å². The Morgan fingerprint density at radius 2 is 2.13 bits per heavy atom. The van der Waals surface area contributed by atoms with Gasteiger partial charge in [0.05, 0.1) is 12.2 Å². The molecule has 0 unspecified atom stereocenters. The van der Waals surface area contributed by atoms with Crippen LogP contribution in [0.3, 0.4) is 0 Å². The third kappa shape index (κ3) is 2.99. The highest BCUT2D eigenvalue weighted by Gasteiger charge is 2.23. The molecule has 0 atom stereocenters. The average Bonchev–Trinajstić information content (AvgIpc) is 3.31. The third-order valence-corrected chi connectivity index (χ3v) is 3.96. The van der Waals surface area contributed by atoms with Gasteiger partial charge in [-0.15, -0.1) is 0 Å². The first kappa shape index (κ1) is 14.1. The zero-order valence-electron chi connectivity index (χ0n) is 12.9. The van der Waals surface area contributed by atoms with E-state index < -0.39 is 0 Å². The van der Waals surface area contributed by atoms with Crippen LogP contribution in [0, 0.1) is 6.92 Å². The number of hydrogen-bond acceptors (Lipinski definition) is 5. The summed E-state index contributed by atoms with van der Waals surface area (Å²) >= 11 is 0. The highest BCUT2D eigenvalue weighted by atomic mass is 16.4. The average molecular weight is 305 g/mol. The van der Waals surface area contributed by atoms with Crippen molar-refractivity contribution in [3.63, 3.8) is 0 Å². The quantitative estimate of drug-likeness (QED) is 0.733. The van der Waals surface area contributed by atoms with Gasteiger partial charge in [0.1, 0.15) is 11.5 Å². The van der Waals surface area contributed by atoms with E-state index in [4.69, 9.17) is 8.05 Å².